The van der Waals surface area contributed by atoms with Crippen LogP contribution in [0.2, 0.25) is 0 Å². The standard InChI is InChI=1S/C27H28N2OS.2C7H7.Zr/c1-16(2)20-9-7-10-21(17(3)4)26(20)29-27(30)22-11-6-8-19-13-14-23(28-25(19)22)24-15-12-18(5)31-24;2*1-7-5-3-2-4-6-7;/h6-17H,1-5H3,(H,29,30);2*2-6H,1H2;. The van der Waals surface area contributed by atoms with Crippen molar-refractivity contribution in [1.29, 1.82) is 0 Å². The van der Waals surface area contributed by atoms with Crippen molar-refractivity contribution in [3.8, 4) is 10.6 Å². The molecule has 1 amide bonds. The summed E-state index contributed by atoms with van der Waals surface area (Å²) in [5, 5.41) is 4.20. The molecule has 0 bridgehead atoms. The van der Waals surface area contributed by atoms with Crippen molar-refractivity contribution in [3.05, 3.63) is 154 Å². The van der Waals surface area contributed by atoms with Crippen molar-refractivity contribution in [3.63, 3.8) is 0 Å². The molecule has 2 aromatic heterocycles. The second-order valence-electron chi connectivity index (χ2n) is 12.1. The molecule has 0 fully saturated rings. The van der Waals surface area contributed by atoms with Crippen molar-refractivity contribution in [1.82, 2.24) is 4.98 Å². The fourth-order valence-electron chi connectivity index (χ4n) is 5.46. The van der Waals surface area contributed by atoms with Gasteiger partial charge in [0.1, 0.15) is 0 Å². The van der Waals surface area contributed by atoms with E-state index in [1.165, 1.54) is 24.3 Å². The summed E-state index contributed by atoms with van der Waals surface area (Å²) in [7, 11) is 0. The molecule has 0 atom stereocenters. The minimum atomic E-state index is -0.258. The Morgan fingerprint density at radius 2 is 1.28 bits per heavy atom. The number of hydrogen-bond donors (Lipinski definition) is 1. The summed E-state index contributed by atoms with van der Waals surface area (Å²) >= 11 is 1.46. The fraction of sp³-hybridized carbons (Fsp3) is 0.220. The number of nitrogens with one attached hydrogen (secondary N) is 1. The molecule has 5 heteroatoms. The van der Waals surface area contributed by atoms with Gasteiger partial charge in [-0.25, -0.2) is 4.98 Å². The summed E-state index contributed by atoms with van der Waals surface area (Å²) < 4.78 is 2.69. The van der Waals surface area contributed by atoms with Crippen molar-refractivity contribution in [2.45, 2.75) is 54.7 Å². The maximum absolute atomic E-state index is 13.5. The molecule has 0 radical (unpaired) electrons. The molecule has 0 unspecified atom stereocenters. The van der Waals surface area contributed by atoms with Gasteiger partial charge in [-0.05, 0) is 54.2 Å². The molecule has 0 spiro atoms. The molecule has 46 heavy (non-hydrogen) atoms. The van der Waals surface area contributed by atoms with Crippen LogP contribution in [0.4, 0.5) is 5.69 Å². The second-order valence-corrected chi connectivity index (χ2v) is 16.4. The Morgan fingerprint density at radius 1 is 0.696 bits per heavy atom. The first-order valence-corrected chi connectivity index (χ1v) is 20.3. The van der Waals surface area contributed by atoms with Crippen LogP contribution < -0.4 is 5.32 Å². The molecule has 0 aliphatic rings. The Hall–Kier alpha value is -3.66. The number of amides is 1. The molecule has 4 aromatic carbocycles. The van der Waals surface area contributed by atoms with Crippen molar-refractivity contribution in [2.24, 2.45) is 0 Å². The van der Waals surface area contributed by atoms with Crippen molar-refractivity contribution >= 4 is 33.8 Å². The van der Waals surface area contributed by atoms with Gasteiger partial charge in [-0.15, -0.1) is 11.3 Å². The third kappa shape index (κ3) is 8.78. The Morgan fingerprint density at radius 3 is 1.83 bits per heavy atom. The number of thiophene rings is 1. The van der Waals surface area contributed by atoms with Gasteiger partial charge < -0.3 is 5.32 Å². The van der Waals surface area contributed by atoms with Gasteiger partial charge in [-0.3, -0.25) is 4.79 Å². The van der Waals surface area contributed by atoms with Crippen LogP contribution in [-0.4, -0.2) is 10.9 Å². The molecule has 2 heterocycles. The Balaban J connectivity index is 0.000000232. The number of aryl methyl sites for hydroxylation is 1. The summed E-state index contributed by atoms with van der Waals surface area (Å²) in [6.45, 7) is 10.7. The Labute approximate surface area is 289 Å². The number of para-hydroxylation sites is 2. The van der Waals surface area contributed by atoms with Gasteiger partial charge in [-0.2, -0.15) is 0 Å². The van der Waals surface area contributed by atoms with Gasteiger partial charge in [0, 0.05) is 16.0 Å². The van der Waals surface area contributed by atoms with Gasteiger partial charge in [0.05, 0.1) is 21.7 Å². The van der Waals surface area contributed by atoms with E-state index in [0.717, 1.165) is 38.3 Å². The van der Waals surface area contributed by atoms with Crippen LogP contribution in [0, 0.1) is 6.92 Å². The molecule has 1 N–H and O–H groups in total. The van der Waals surface area contributed by atoms with Gasteiger partial charge >= 0.3 is 103 Å². The van der Waals surface area contributed by atoms with Crippen molar-refractivity contribution in [2.75, 3.05) is 5.32 Å². The molecule has 3 nitrogen and oxygen atoms in total. The predicted octanol–water partition coefficient (Wildman–Crippen LogP) is 11.2. The maximum atomic E-state index is 13.5. The Kier molecular flexibility index (Phi) is 11.9. The van der Waals surface area contributed by atoms with E-state index in [2.05, 4.69) is 131 Å². The SMILES string of the molecule is Cc1ccc(-c2ccc3cccc(C(=O)Nc4c(C(C)C)cccc4C(C)C)c3n2)s1.c1ccc([CH2][Zr][CH2]c2ccccc2)cc1. The third-order valence-electron chi connectivity index (χ3n) is 7.91. The third-order valence-corrected chi connectivity index (χ3v) is 12.2. The fourth-order valence-corrected chi connectivity index (χ4v) is 9.18. The van der Waals surface area contributed by atoms with Crippen molar-refractivity contribution < 1.29 is 28.0 Å². The van der Waals surface area contributed by atoms with Gasteiger partial charge in [-0.1, -0.05) is 64.1 Å². The first kappa shape index (κ1) is 33.7. The molecule has 0 aliphatic heterocycles. The summed E-state index contributed by atoms with van der Waals surface area (Å²) in [4.78, 5) is 20.7. The zero-order chi connectivity index (χ0) is 32.5. The summed E-state index contributed by atoms with van der Waals surface area (Å²) in [5.41, 5.74) is 8.50. The van der Waals surface area contributed by atoms with Crippen LogP contribution in [0.5, 0.6) is 0 Å². The normalized spacial score (nSPS) is 10.9. The van der Waals surface area contributed by atoms with Crippen LogP contribution >= 0.6 is 11.3 Å². The van der Waals surface area contributed by atoms with E-state index >= 15 is 0 Å². The minimum absolute atomic E-state index is 0.118. The summed E-state index contributed by atoms with van der Waals surface area (Å²) in [6.07, 6.45) is 0. The van der Waals surface area contributed by atoms with E-state index in [9.17, 15) is 4.79 Å². The number of anilines is 1. The number of benzene rings is 4. The summed E-state index contributed by atoms with van der Waals surface area (Å²) in [6, 6.07) is 42.0. The number of pyridine rings is 1. The zero-order valence-corrected chi connectivity index (χ0v) is 30.7. The van der Waals surface area contributed by atoms with Gasteiger partial charge in [0.25, 0.3) is 5.91 Å². The molecule has 0 saturated carbocycles. The van der Waals surface area contributed by atoms with E-state index in [1.54, 1.807) is 11.3 Å². The number of hydrogen-bond acceptors (Lipinski definition) is 3. The topological polar surface area (TPSA) is 42.0 Å². The average molecular weight is 702 g/mol. The molecule has 0 aliphatic carbocycles. The van der Waals surface area contributed by atoms with E-state index < -0.39 is 0 Å². The number of rotatable bonds is 9. The van der Waals surface area contributed by atoms with Gasteiger partial charge in [0.2, 0.25) is 0 Å². The number of nitrogens with zero attached hydrogens (tertiary/aromatic N) is 1. The first-order valence-electron chi connectivity index (χ1n) is 16.0. The van der Waals surface area contributed by atoms with E-state index in [1.807, 2.05) is 30.3 Å². The number of fused-ring (bicyclic) bond motifs is 1. The molecule has 0 saturated heterocycles. The number of carbonyl (C=O) groups is 1. The number of carbonyl (C=O) groups excluding carboxylic acids is 1. The average Bonchev–Trinajstić information content (AvgIpc) is 3.51. The van der Waals surface area contributed by atoms with E-state index in [-0.39, 0.29) is 29.1 Å². The molecular formula is C41H42N2OSZr. The van der Waals surface area contributed by atoms with E-state index in [0.29, 0.717) is 17.4 Å². The molecular weight excluding hydrogens is 660 g/mol. The van der Waals surface area contributed by atoms with Crippen LogP contribution in [0.1, 0.15) is 77.0 Å². The summed E-state index contributed by atoms with van der Waals surface area (Å²) in [5.74, 6) is 0.509. The van der Waals surface area contributed by atoms with Crippen LogP contribution in [0.15, 0.2) is 121 Å². The van der Waals surface area contributed by atoms with E-state index in [4.69, 9.17) is 4.98 Å². The second kappa shape index (κ2) is 16.3. The zero-order valence-electron chi connectivity index (χ0n) is 27.4. The monoisotopic (exact) mass is 700 g/mol. The van der Waals surface area contributed by atoms with Gasteiger partial charge in [0.15, 0.2) is 0 Å². The first-order chi connectivity index (χ1) is 22.3. The molecule has 232 valence electrons. The Bertz CT molecular complexity index is 1810. The molecule has 6 rings (SSSR count). The quantitative estimate of drug-likeness (QED) is 0.163. The number of aromatic nitrogens is 1. The molecule has 6 aromatic rings. The van der Waals surface area contributed by atoms with Crippen LogP contribution in [-0.2, 0) is 31.5 Å². The predicted molar refractivity (Wildman–Crippen MR) is 193 cm³/mol. The van der Waals surface area contributed by atoms with Crippen LogP contribution in [0.3, 0.4) is 0 Å². The van der Waals surface area contributed by atoms with Crippen LogP contribution in [0.25, 0.3) is 21.5 Å².